The third-order valence-electron chi connectivity index (χ3n) is 3.28. The second kappa shape index (κ2) is 7.29. The van der Waals surface area contributed by atoms with Crippen molar-refractivity contribution in [3.63, 3.8) is 0 Å². The lowest BCUT2D eigenvalue weighted by Crippen LogP contribution is -2.24. The van der Waals surface area contributed by atoms with Crippen LogP contribution in [0.5, 0.6) is 17.2 Å². The summed E-state index contributed by atoms with van der Waals surface area (Å²) in [6.45, 7) is 0.00590. The maximum Gasteiger partial charge on any atom is 0.261 e. The van der Waals surface area contributed by atoms with Crippen molar-refractivity contribution >= 4 is 21.6 Å². The summed E-state index contributed by atoms with van der Waals surface area (Å²) in [5.74, 6) is 1.29. The minimum absolute atomic E-state index is 0.00590. The molecule has 1 heterocycles. The van der Waals surface area contributed by atoms with E-state index in [0.717, 1.165) is 0 Å². The van der Waals surface area contributed by atoms with Crippen molar-refractivity contribution in [2.24, 2.45) is 7.05 Å². The van der Waals surface area contributed by atoms with E-state index in [4.69, 9.17) is 25.8 Å². The summed E-state index contributed by atoms with van der Waals surface area (Å²) in [4.78, 5) is 3.81. The van der Waals surface area contributed by atoms with Gasteiger partial charge in [-0.15, -0.1) is 0 Å². The predicted octanol–water partition coefficient (Wildman–Crippen LogP) is 1.58. The van der Waals surface area contributed by atoms with Gasteiger partial charge in [0, 0.05) is 13.6 Å². The molecule has 0 unspecified atom stereocenters. The molecule has 0 aliphatic carbocycles. The second-order valence-corrected chi connectivity index (χ2v) is 6.85. The van der Waals surface area contributed by atoms with Crippen LogP contribution in [0.3, 0.4) is 0 Å². The highest BCUT2D eigenvalue weighted by molar-refractivity contribution is 7.89. The summed E-state index contributed by atoms with van der Waals surface area (Å²) in [7, 11) is 2.22. The summed E-state index contributed by atoms with van der Waals surface area (Å²) in [5.41, 5.74) is 0.625. The highest BCUT2D eigenvalue weighted by atomic mass is 35.5. The normalized spacial score (nSPS) is 11.4. The fraction of sp³-hybridized carbons (Fsp3) is 0.357. The first kappa shape index (κ1) is 18.4. The number of sulfonamides is 1. The van der Waals surface area contributed by atoms with Gasteiger partial charge in [-0.1, -0.05) is 11.6 Å². The monoisotopic (exact) mass is 375 g/mol. The van der Waals surface area contributed by atoms with Crippen LogP contribution < -0.4 is 18.9 Å². The average Bonchev–Trinajstić information content (AvgIpc) is 2.91. The Bertz CT molecular complexity index is 810. The van der Waals surface area contributed by atoms with Crippen molar-refractivity contribution in [3.8, 4) is 17.2 Å². The molecule has 1 N–H and O–H groups in total. The van der Waals surface area contributed by atoms with Gasteiger partial charge in [-0.25, -0.2) is 18.1 Å². The Kier molecular flexibility index (Phi) is 5.58. The molecule has 0 bridgehead atoms. The second-order valence-electron chi connectivity index (χ2n) is 4.81. The molecule has 2 rings (SSSR count). The standard InChI is InChI=1S/C14H18ClN3O5S/c1-18-8-16-14(13(18)15)24(19,20)17-7-9-5-10(21-2)12(23-4)11(6-9)22-3/h5-6,8,17H,7H2,1-4H3. The first-order valence-electron chi connectivity index (χ1n) is 6.79. The molecule has 1 aromatic carbocycles. The molecule has 10 heteroatoms. The Hall–Kier alpha value is -1.97. The van der Waals surface area contributed by atoms with E-state index in [1.807, 2.05) is 0 Å². The Morgan fingerprint density at radius 1 is 1.17 bits per heavy atom. The van der Waals surface area contributed by atoms with Gasteiger partial charge >= 0.3 is 0 Å². The molecule has 0 aliphatic rings. The number of halogens is 1. The SMILES string of the molecule is COc1cc(CNS(=O)(=O)c2ncn(C)c2Cl)cc(OC)c1OC. The zero-order chi connectivity index (χ0) is 17.9. The fourth-order valence-corrected chi connectivity index (χ4v) is 3.50. The summed E-state index contributed by atoms with van der Waals surface area (Å²) >= 11 is 5.93. The van der Waals surface area contributed by atoms with Gasteiger partial charge < -0.3 is 18.8 Å². The van der Waals surface area contributed by atoms with Crippen LogP contribution in [-0.4, -0.2) is 39.3 Å². The molecule has 24 heavy (non-hydrogen) atoms. The number of benzene rings is 1. The molecule has 8 nitrogen and oxygen atoms in total. The number of imidazole rings is 1. The molecule has 0 saturated heterocycles. The van der Waals surface area contributed by atoms with Crippen molar-refractivity contribution in [2.75, 3.05) is 21.3 Å². The van der Waals surface area contributed by atoms with Crippen LogP contribution in [-0.2, 0) is 23.6 Å². The van der Waals surface area contributed by atoms with Crippen LogP contribution in [0.15, 0.2) is 23.5 Å². The zero-order valence-corrected chi connectivity index (χ0v) is 15.2. The fourth-order valence-electron chi connectivity index (χ4n) is 2.06. The van der Waals surface area contributed by atoms with Crippen molar-refractivity contribution in [1.29, 1.82) is 0 Å². The molecule has 0 aliphatic heterocycles. The molecule has 132 valence electrons. The molecular formula is C14H18ClN3O5S. The smallest absolute Gasteiger partial charge is 0.261 e. The largest absolute Gasteiger partial charge is 0.493 e. The lowest BCUT2D eigenvalue weighted by molar-refractivity contribution is 0.323. The third kappa shape index (κ3) is 3.58. The Balaban J connectivity index is 2.27. The Morgan fingerprint density at radius 2 is 1.75 bits per heavy atom. The minimum atomic E-state index is -3.85. The number of nitrogens with zero attached hydrogens (tertiary/aromatic N) is 2. The van der Waals surface area contributed by atoms with Crippen molar-refractivity contribution in [2.45, 2.75) is 11.6 Å². The van der Waals surface area contributed by atoms with Gasteiger partial charge in [0.15, 0.2) is 11.5 Å². The molecular weight excluding hydrogens is 358 g/mol. The van der Waals surface area contributed by atoms with Gasteiger partial charge in [-0.2, -0.15) is 0 Å². The van der Waals surface area contributed by atoms with E-state index in [9.17, 15) is 8.42 Å². The number of aryl methyl sites for hydroxylation is 1. The van der Waals surface area contributed by atoms with Gasteiger partial charge in [0.25, 0.3) is 10.0 Å². The quantitative estimate of drug-likeness (QED) is 0.790. The molecule has 0 spiro atoms. The van der Waals surface area contributed by atoms with Gasteiger partial charge in [0.2, 0.25) is 10.8 Å². The summed E-state index contributed by atoms with van der Waals surface area (Å²) in [6.07, 6.45) is 1.33. The van der Waals surface area contributed by atoms with Crippen LogP contribution in [0.25, 0.3) is 0 Å². The highest BCUT2D eigenvalue weighted by Crippen LogP contribution is 2.38. The molecule has 0 saturated carbocycles. The van der Waals surface area contributed by atoms with Gasteiger partial charge in [0.05, 0.1) is 27.7 Å². The number of hydrogen-bond acceptors (Lipinski definition) is 6. The maximum absolute atomic E-state index is 12.3. The number of aromatic nitrogens is 2. The van der Waals surface area contributed by atoms with Crippen molar-refractivity contribution in [3.05, 3.63) is 29.2 Å². The molecule has 0 fully saturated rings. The maximum atomic E-state index is 12.3. The van der Waals surface area contributed by atoms with E-state index in [2.05, 4.69) is 9.71 Å². The molecule has 0 amide bonds. The number of ether oxygens (including phenoxy) is 3. The van der Waals surface area contributed by atoms with Crippen LogP contribution >= 0.6 is 11.6 Å². The number of methoxy groups -OCH3 is 3. The topological polar surface area (TPSA) is 91.7 Å². The number of nitrogens with one attached hydrogen (secondary N) is 1. The molecule has 0 radical (unpaired) electrons. The van der Waals surface area contributed by atoms with Crippen molar-refractivity contribution in [1.82, 2.24) is 14.3 Å². The van der Waals surface area contributed by atoms with Crippen molar-refractivity contribution < 1.29 is 22.6 Å². The number of rotatable bonds is 7. The third-order valence-corrected chi connectivity index (χ3v) is 5.17. The van der Waals surface area contributed by atoms with Gasteiger partial charge in [-0.05, 0) is 17.7 Å². The van der Waals surface area contributed by atoms with E-state index in [1.54, 1.807) is 19.2 Å². The van der Waals surface area contributed by atoms with E-state index in [-0.39, 0.29) is 16.7 Å². The van der Waals surface area contributed by atoms with Crippen LogP contribution in [0, 0.1) is 0 Å². The first-order valence-corrected chi connectivity index (χ1v) is 8.65. The van der Waals surface area contributed by atoms with Crippen LogP contribution in [0.1, 0.15) is 5.56 Å². The zero-order valence-electron chi connectivity index (χ0n) is 13.7. The van der Waals surface area contributed by atoms with E-state index in [1.165, 1.54) is 32.2 Å². The average molecular weight is 376 g/mol. The molecule has 2 aromatic rings. The van der Waals surface area contributed by atoms with Gasteiger partial charge in [-0.3, -0.25) is 0 Å². The highest BCUT2D eigenvalue weighted by Gasteiger charge is 2.22. The van der Waals surface area contributed by atoms with E-state index in [0.29, 0.717) is 22.8 Å². The molecule has 0 atom stereocenters. The van der Waals surface area contributed by atoms with Gasteiger partial charge in [0.1, 0.15) is 5.15 Å². The van der Waals surface area contributed by atoms with E-state index < -0.39 is 10.0 Å². The predicted molar refractivity (Wildman–Crippen MR) is 88.3 cm³/mol. The lowest BCUT2D eigenvalue weighted by atomic mass is 10.2. The van der Waals surface area contributed by atoms with Crippen LogP contribution in [0.2, 0.25) is 5.15 Å². The Morgan fingerprint density at radius 3 is 2.17 bits per heavy atom. The summed E-state index contributed by atoms with van der Waals surface area (Å²) in [6, 6.07) is 3.31. The van der Waals surface area contributed by atoms with Crippen LogP contribution in [0.4, 0.5) is 0 Å². The molecule has 1 aromatic heterocycles. The van der Waals surface area contributed by atoms with E-state index >= 15 is 0 Å². The number of hydrogen-bond donors (Lipinski definition) is 1. The summed E-state index contributed by atoms with van der Waals surface area (Å²) in [5, 5.41) is -0.188. The lowest BCUT2D eigenvalue weighted by Gasteiger charge is -2.14. The minimum Gasteiger partial charge on any atom is -0.493 e. The summed E-state index contributed by atoms with van der Waals surface area (Å²) < 4.78 is 44.2. The first-order chi connectivity index (χ1) is 11.3. The Labute approximate surface area is 145 Å².